The van der Waals surface area contributed by atoms with E-state index in [1.165, 1.54) is 0 Å². The van der Waals surface area contributed by atoms with Gasteiger partial charge in [0.15, 0.2) is 11.9 Å². The maximum Gasteiger partial charge on any atom is 0.189 e. The highest BCUT2D eigenvalue weighted by Gasteiger charge is 2.38. The molecule has 1 atom stereocenters. The standard InChI is InChI=1S/C17H16O3/c1-19-15-7-8-16-13(11-15)9-10-17(12-18,20-16)14-5-3-2-4-6-14/h2-8,11-12H,9-10H2,1H3. The van der Waals surface area contributed by atoms with Gasteiger partial charge in [-0.15, -0.1) is 0 Å². The molecule has 20 heavy (non-hydrogen) atoms. The molecule has 102 valence electrons. The van der Waals surface area contributed by atoms with E-state index in [4.69, 9.17) is 9.47 Å². The fraction of sp³-hybridized carbons (Fsp3) is 0.235. The molecule has 1 unspecified atom stereocenters. The third-order valence-electron chi connectivity index (χ3n) is 3.78. The zero-order valence-electron chi connectivity index (χ0n) is 11.3. The molecule has 3 nitrogen and oxygen atoms in total. The monoisotopic (exact) mass is 268 g/mol. The first-order valence-electron chi connectivity index (χ1n) is 6.65. The Kier molecular flexibility index (Phi) is 3.18. The average Bonchev–Trinajstić information content (AvgIpc) is 2.54. The van der Waals surface area contributed by atoms with Gasteiger partial charge in [0.25, 0.3) is 0 Å². The van der Waals surface area contributed by atoms with Crippen LogP contribution in [0.1, 0.15) is 17.5 Å². The van der Waals surface area contributed by atoms with Crippen LogP contribution in [0.5, 0.6) is 11.5 Å². The van der Waals surface area contributed by atoms with Crippen molar-refractivity contribution in [2.75, 3.05) is 7.11 Å². The summed E-state index contributed by atoms with van der Waals surface area (Å²) in [5.41, 5.74) is 1.11. The lowest BCUT2D eigenvalue weighted by Gasteiger charge is -2.34. The summed E-state index contributed by atoms with van der Waals surface area (Å²) in [6.07, 6.45) is 2.34. The molecular weight excluding hydrogens is 252 g/mol. The summed E-state index contributed by atoms with van der Waals surface area (Å²) in [4.78, 5) is 11.7. The number of carbonyl (C=O) groups excluding carboxylic acids is 1. The highest BCUT2D eigenvalue weighted by molar-refractivity contribution is 5.68. The van der Waals surface area contributed by atoms with Crippen molar-refractivity contribution in [3.8, 4) is 11.5 Å². The lowest BCUT2D eigenvalue weighted by Crippen LogP contribution is -2.38. The summed E-state index contributed by atoms with van der Waals surface area (Å²) in [7, 11) is 1.64. The fourth-order valence-corrected chi connectivity index (χ4v) is 2.62. The van der Waals surface area contributed by atoms with E-state index >= 15 is 0 Å². The van der Waals surface area contributed by atoms with E-state index in [-0.39, 0.29) is 0 Å². The number of hydrogen-bond donors (Lipinski definition) is 0. The Bertz CT molecular complexity index is 621. The molecule has 1 aliphatic rings. The van der Waals surface area contributed by atoms with Crippen molar-refractivity contribution in [3.63, 3.8) is 0 Å². The Balaban J connectivity index is 1.99. The highest BCUT2D eigenvalue weighted by Crippen LogP contribution is 2.39. The lowest BCUT2D eigenvalue weighted by molar-refractivity contribution is -0.123. The van der Waals surface area contributed by atoms with E-state index < -0.39 is 5.60 Å². The third kappa shape index (κ3) is 2.05. The number of hydrogen-bond acceptors (Lipinski definition) is 3. The van der Waals surface area contributed by atoms with Crippen LogP contribution < -0.4 is 9.47 Å². The van der Waals surface area contributed by atoms with Crippen LogP contribution in [0.4, 0.5) is 0 Å². The fourth-order valence-electron chi connectivity index (χ4n) is 2.62. The molecule has 0 aliphatic carbocycles. The van der Waals surface area contributed by atoms with E-state index in [0.29, 0.717) is 6.42 Å². The number of carbonyl (C=O) groups is 1. The van der Waals surface area contributed by atoms with Crippen LogP contribution in [-0.4, -0.2) is 13.4 Å². The SMILES string of the molecule is COc1ccc2c(c1)CCC(C=O)(c1ccccc1)O2. The van der Waals surface area contributed by atoms with Gasteiger partial charge < -0.3 is 9.47 Å². The average molecular weight is 268 g/mol. The second-order valence-electron chi connectivity index (χ2n) is 4.95. The summed E-state index contributed by atoms with van der Waals surface area (Å²) < 4.78 is 11.2. The first kappa shape index (κ1) is 12.7. The minimum absolute atomic E-state index is 0.640. The molecule has 2 aromatic rings. The molecule has 0 bridgehead atoms. The number of ether oxygens (including phenoxy) is 2. The molecule has 0 saturated heterocycles. The first-order chi connectivity index (χ1) is 9.77. The van der Waals surface area contributed by atoms with E-state index in [1.807, 2.05) is 48.5 Å². The van der Waals surface area contributed by atoms with Crippen molar-refractivity contribution < 1.29 is 14.3 Å². The molecule has 3 rings (SSSR count). The Morgan fingerprint density at radius 1 is 1.20 bits per heavy atom. The smallest absolute Gasteiger partial charge is 0.189 e. The molecule has 1 heterocycles. The highest BCUT2D eigenvalue weighted by atomic mass is 16.5. The van der Waals surface area contributed by atoms with Crippen molar-refractivity contribution in [2.24, 2.45) is 0 Å². The van der Waals surface area contributed by atoms with Gasteiger partial charge in [0.2, 0.25) is 0 Å². The van der Waals surface area contributed by atoms with Crippen LogP contribution in [0, 0.1) is 0 Å². The van der Waals surface area contributed by atoms with Crippen LogP contribution >= 0.6 is 0 Å². The maximum atomic E-state index is 11.7. The van der Waals surface area contributed by atoms with Gasteiger partial charge >= 0.3 is 0 Å². The number of methoxy groups -OCH3 is 1. The van der Waals surface area contributed by atoms with E-state index in [9.17, 15) is 4.79 Å². The van der Waals surface area contributed by atoms with E-state index in [0.717, 1.165) is 35.3 Å². The summed E-state index contributed by atoms with van der Waals surface area (Å²) in [5.74, 6) is 1.57. The summed E-state index contributed by atoms with van der Waals surface area (Å²) in [6.45, 7) is 0. The van der Waals surface area contributed by atoms with Gasteiger partial charge in [-0.1, -0.05) is 30.3 Å². The zero-order valence-corrected chi connectivity index (χ0v) is 11.3. The zero-order chi connectivity index (χ0) is 14.0. The van der Waals surface area contributed by atoms with Crippen LogP contribution in [0.3, 0.4) is 0 Å². The Morgan fingerprint density at radius 2 is 2.00 bits per heavy atom. The van der Waals surface area contributed by atoms with Gasteiger partial charge in [0, 0.05) is 12.0 Å². The Hall–Kier alpha value is -2.29. The Morgan fingerprint density at radius 3 is 2.70 bits per heavy atom. The second-order valence-corrected chi connectivity index (χ2v) is 4.95. The predicted octanol–water partition coefficient (Wildman–Crippen LogP) is 3.11. The number of benzene rings is 2. The summed E-state index contributed by atoms with van der Waals surface area (Å²) in [6, 6.07) is 15.3. The first-order valence-corrected chi connectivity index (χ1v) is 6.65. The van der Waals surface area contributed by atoms with Crippen LogP contribution in [0.25, 0.3) is 0 Å². The minimum Gasteiger partial charge on any atom is -0.497 e. The third-order valence-corrected chi connectivity index (χ3v) is 3.78. The molecule has 0 radical (unpaired) electrons. The normalized spacial score (nSPS) is 20.6. The molecular formula is C17H16O3. The van der Waals surface area contributed by atoms with E-state index in [1.54, 1.807) is 7.11 Å². The molecule has 0 aromatic heterocycles. The van der Waals surface area contributed by atoms with Crippen LogP contribution in [-0.2, 0) is 16.8 Å². The Labute approximate surface area is 118 Å². The minimum atomic E-state index is -0.872. The van der Waals surface area contributed by atoms with Crippen LogP contribution in [0.2, 0.25) is 0 Å². The largest absolute Gasteiger partial charge is 0.497 e. The molecule has 1 aliphatic heterocycles. The van der Waals surface area contributed by atoms with Crippen molar-refractivity contribution in [3.05, 3.63) is 59.7 Å². The quantitative estimate of drug-likeness (QED) is 0.802. The number of aryl methyl sites for hydroxylation is 1. The molecule has 0 amide bonds. The van der Waals surface area contributed by atoms with Gasteiger partial charge in [-0.3, -0.25) is 4.79 Å². The van der Waals surface area contributed by atoms with Crippen molar-refractivity contribution >= 4 is 6.29 Å². The van der Waals surface area contributed by atoms with Crippen molar-refractivity contribution in [2.45, 2.75) is 18.4 Å². The topological polar surface area (TPSA) is 35.5 Å². The van der Waals surface area contributed by atoms with E-state index in [2.05, 4.69) is 0 Å². The molecule has 0 N–H and O–H groups in total. The maximum absolute atomic E-state index is 11.7. The van der Waals surface area contributed by atoms with Crippen LogP contribution in [0.15, 0.2) is 48.5 Å². The van der Waals surface area contributed by atoms with Crippen molar-refractivity contribution in [1.82, 2.24) is 0 Å². The molecule has 0 saturated carbocycles. The molecule has 3 heteroatoms. The lowest BCUT2D eigenvalue weighted by atomic mass is 9.86. The summed E-state index contributed by atoms with van der Waals surface area (Å²) >= 11 is 0. The van der Waals surface area contributed by atoms with Gasteiger partial charge in [-0.2, -0.15) is 0 Å². The van der Waals surface area contributed by atoms with Gasteiger partial charge in [-0.25, -0.2) is 0 Å². The van der Waals surface area contributed by atoms with Crippen molar-refractivity contribution in [1.29, 1.82) is 0 Å². The predicted molar refractivity (Wildman–Crippen MR) is 76.1 cm³/mol. The van der Waals surface area contributed by atoms with Gasteiger partial charge in [-0.05, 0) is 30.2 Å². The second kappa shape index (κ2) is 5.00. The van der Waals surface area contributed by atoms with Gasteiger partial charge in [0.1, 0.15) is 11.5 Å². The number of aldehydes is 1. The summed E-state index contributed by atoms with van der Waals surface area (Å²) in [5, 5.41) is 0. The molecule has 0 spiro atoms. The molecule has 2 aromatic carbocycles. The molecule has 0 fully saturated rings. The van der Waals surface area contributed by atoms with Gasteiger partial charge in [0.05, 0.1) is 7.11 Å². The number of rotatable bonds is 3. The number of fused-ring (bicyclic) bond motifs is 1.